The van der Waals surface area contributed by atoms with Crippen LogP contribution < -0.4 is 25.8 Å². The molecule has 588 valence electrons. The molecule has 2 saturated heterocycles. The molecule has 21 nitrogen and oxygen atoms in total. The van der Waals surface area contributed by atoms with Crippen LogP contribution in [0.5, 0.6) is 11.5 Å². The fourth-order valence-corrected chi connectivity index (χ4v) is 18.9. The minimum atomic E-state index is -0.952. The van der Waals surface area contributed by atoms with Crippen molar-refractivity contribution in [2.24, 2.45) is 22.0 Å². The van der Waals surface area contributed by atoms with Gasteiger partial charge in [0.25, 0.3) is 11.8 Å². The number of fused-ring (bicyclic) bond motifs is 9. The van der Waals surface area contributed by atoms with Gasteiger partial charge in [0, 0.05) is 117 Å². The van der Waals surface area contributed by atoms with Gasteiger partial charge in [-0.15, -0.1) is 0 Å². The third-order valence-electron chi connectivity index (χ3n) is 24.5. The Bertz CT molecular complexity index is 5040. The highest BCUT2D eigenvalue weighted by Gasteiger charge is 2.61. The van der Waals surface area contributed by atoms with Gasteiger partial charge < -0.3 is 64.3 Å². The van der Waals surface area contributed by atoms with Crippen molar-refractivity contribution in [2.45, 2.75) is 238 Å². The number of aromatic carboxylic acids is 1. The maximum atomic E-state index is 14.0. The van der Waals surface area contributed by atoms with E-state index in [2.05, 4.69) is 66.3 Å². The van der Waals surface area contributed by atoms with E-state index in [9.17, 15) is 43.5 Å². The number of H-pyrrole nitrogens is 1. The van der Waals surface area contributed by atoms with Gasteiger partial charge in [0.15, 0.2) is 17.3 Å². The number of likely N-dealkylation sites (tertiary alicyclic amines) is 2. The number of hydrogen-bond acceptors (Lipinski definition) is 13. The fraction of sp³-hybridized carbons (Fsp3) is 0.511. The number of amides is 4. The molecule has 5 heterocycles. The van der Waals surface area contributed by atoms with Crippen LogP contribution in [-0.4, -0.2) is 146 Å². The number of carbonyl (C=O) groups excluding carboxylic acids is 7. The van der Waals surface area contributed by atoms with Crippen molar-refractivity contribution >= 4 is 80.0 Å². The van der Waals surface area contributed by atoms with E-state index in [1.54, 1.807) is 36.2 Å². The molecule has 5 aromatic carbocycles. The molecular formula is C90H110N8O13. The number of carboxylic acid groups (broad SMARTS) is 1. The number of nitrogens with two attached hydrogens (primary N) is 1. The highest BCUT2D eigenvalue weighted by molar-refractivity contribution is 6.13. The molecule has 3 aromatic heterocycles. The summed E-state index contributed by atoms with van der Waals surface area (Å²) < 4.78 is 25.6. The first-order valence-corrected chi connectivity index (χ1v) is 39.8. The summed E-state index contributed by atoms with van der Waals surface area (Å²) in [4.78, 5) is 109. The lowest BCUT2D eigenvalue weighted by Crippen LogP contribution is -2.40. The Kier molecular flexibility index (Phi) is 20.2. The van der Waals surface area contributed by atoms with Gasteiger partial charge in [-0.2, -0.15) is 0 Å². The number of aromatic amines is 1. The Morgan fingerprint density at radius 3 is 1.34 bits per heavy atom. The van der Waals surface area contributed by atoms with Gasteiger partial charge in [-0.1, -0.05) is 78.6 Å². The van der Waals surface area contributed by atoms with Crippen molar-refractivity contribution in [3.05, 3.63) is 165 Å². The van der Waals surface area contributed by atoms with E-state index < -0.39 is 17.2 Å². The second-order valence-corrected chi connectivity index (χ2v) is 37.0. The average Bonchev–Trinajstić information content (AvgIpc) is 1.49. The van der Waals surface area contributed by atoms with Crippen molar-refractivity contribution in [3.63, 3.8) is 0 Å². The van der Waals surface area contributed by atoms with E-state index in [0.29, 0.717) is 56.3 Å². The van der Waals surface area contributed by atoms with Crippen molar-refractivity contribution in [3.8, 4) is 11.5 Å². The second-order valence-electron chi connectivity index (χ2n) is 37.0. The molecular weight excluding hydrogens is 1400 g/mol. The lowest BCUT2D eigenvalue weighted by atomic mass is 9.67. The standard InChI is InChI=1S/C34H41N3O5.C25H25NO4.C22H26N2O2.C9H18N2O2/c1-32(2,3)42-31(40)36-16-13-23(19-36)35-30(39)22-9-12-26-25(17-22)27-28(29(38)34(14-15-34)20-33(27,4)5)37(26)18-21-7-10-24(41-6)11-8-21;1-24(2)14-25(10-11-25)22(27)21-20(24)18-12-16(23(28)29)6-9-19(18)26(21)13-15-4-7-17(30-3)8-5-15;1-21(2)12-22(9-10-22)19(25)18-17(21)15-11-13(7-8-16(15)24-18)20(26)23-14-5-3-4-6-14;1-9(2,3)13-8(12)11-5-4-7(10)6-11/h7-12,17,23H,13-16,18-20H2,1-6H3,(H,35,39);4-9,12H,10-11,13-14H2,1-3H3,(H,28,29);7-8,11,14,24H,3-6,9-10,12H2,1-2H3,(H,23,26);7H,4-6,10H2,1-3H3. The first-order valence-electron chi connectivity index (χ1n) is 39.8. The van der Waals surface area contributed by atoms with Crippen molar-refractivity contribution in [1.82, 2.24) is 34.6 Å². The summed E-state index contributed by atoms with van der Waals surface area (Å²) in [6.07, 6.45) is 13.9. The van der Waals surface area contributed by atoms with Crippen molar-refractivity contribution in [1.29, 1.82) is 0 Å². The Morgan fingerprint density at radius 1 is 0.505 bits per heavy atom. The van der Waals surface area contributed by atoms with E-state index in [4.69, 9.17) is 24.7 Å². The smallest absolute Gasteiger partial charge is 0.410 e. The van der Waals surface area contributed by atoms with Crippen LogP contribution >= 0.6 is 0 Å². The van der Waals surface area contributed by atoms with Crippen LogP contribution in [0, 0.1) is 16.2 Å². The van der Waals surface area contributed by atoms with Gasteiger partial charge >= 0.3 is 18.2 Å². The number of methoxy groups -OCH3 is 2. The topological polar surface area (TPSA) is 276 Å². The normalized spacial score (nSPS) is 20.9. The van der Waals surface area contributed by atoms with Gasteiger partial charge in [0.05, 0.1) is 36.9 Å². The van der Waals surface area contributed by atoms with Crippen molar-refractivity contribution < 1.29 is 62.4 Å². The number of Topliss-reactive ketones (excluding diaryl/α,β-unsaturated/α-hetero) is 3. The number of nitrogens with zero attached hydrogens (tertiary/aromatic N) is 4. The molecule has 6 N–H and O–H groups in total. The number of ether oxygens (including phenoxy) is 4. The number of benzene rings is 5. The summed E-state index contributed by atoms with van der Waals surface area (Å²) in [7, 11) is 3.29. The Morgan fingerprint density at radius 2 is 0.910 bits per heavy atom. The molecule has 8 aromatic rings. The molecule has 0 bridgehead atoms. The van der Waals surface area contributed by atoms with Crippen LogP contribution in [0.4, 0.5) is 9.59 Å². The lowest BCUT2D eigenvalue weighted by Gasteiger charge is -2.36. The number of aromatic nitrogens is 3. The summed E-state index contributed by atoms with van der Waals surface area (Å²) in [6, 6.07) is 32.9. The van der Waals surface area contributed by atoms with E-state index in [0.717, 1.165) is 173 Å². The second kappa shape index (κ2) is 28.8. The summed E-state index contributed by atoms with van der Waals surface area (Å²) in [5.41, 5.74) is 15.6. The molecule has 4 saturated carbocycles. The molecule has 21 heteroatoms. The largest absolute Gasteiger partial charge is 0.497 e. The van der Waals surface area contributed by atoms with E-state index in [-0.39, 0.29) is 91.5 Å². The number of carboxylic acids is 1. The zero-order valence-corrected chi connectivity index (χ0v) is 67.1. The van der Waals surface area contributed by atoms with Crippen LogP contribution in [0.15, 0.2) is 103 Å². The number of nitrogens with one attached hydrogen (secondary N) is 3. The van der Waals surface area contributed by atoms with Crippen LogP contribution in [0.25, 0.3) is 32.7 Å². The van der Waals surface area contributed by atoms with Crippen LogP contribution in [0.1, 0.15) is 270 Å². The van der Waals surface area contributed by atoms with Crippen molar-refractivity contribution in [2.75, 3.05) is 40.4 Å². The SMILES string of the molecule is CC(C)(C)OC(=O)N1CCC(N)C1.CC1(C)CC2(CC2)C(=O)c2[nH]c3ccc(C(=O)NC4CCCC4)cc3c21.COc1ccc(Cn2c3c(c4cc(C(=O)NC5CCN(C(=O)OC(C)(C)C)C5)ccc42)C(C)(C)CC2(CC2)C3=O)cc1.COc1ccc(Cn2c3c(c4cc(C(=O)O)ccc42)C(C)(C)CC2(CC2)C3=O)cc1. The predicted octanol–water partition coefficient (Wildman–Crippen LogP) is 16.6. The molecule has 9 aliphatic rings. The zero-order valence-electron chi connectivity index (χ0n) is 67.1. The van der Waals surface area contributed by atoms with E-state index in [1.807, 2.05) is 133 Å². The lowest BCUT2D eigenvalue weighted by molar-refractivity contribution is 0.0281. The summed E-state index contributed by atoms with van der Waals surface area (Å²) in [6.45, 7) is 27.8. The number of ketones is 3. The van der Waals surface area contributed by atoms with Crippen LogP contribution in [0.2, 0.25) is 0 Å². The molecule has 7 aliphatic carbocycles. The first kappa shape index (κ1) is 77.9. The van der Waals surface area contributed by atoms with Gasteiger partial charge in [0.1, 0.15) is 22.7 Å². The van der Waals surface area contributed by atoms with Gasteiger partial charge in [0.2, 0.25) is 0 Å². The van der Waals surface area contributed by atoms with Gasteiger partial charge in [-0.3, -0.25) is 24.0 Å². The quantitative estimate of drug-likeness (QED) is 0.0806. The summed E-state index contributed by atoms with van der Waals surface area (Å²) in [5, 5.41) is 18.7. The van der Waals surface area contributed by atoms with E-state index >= 15 is 0 Å². The molecule has 2 aliphatic heterocycles. The molecule has 4 amide bonds. The number of hydrogen-bond donors (Lipinski definition) is 5. The number of carbonyl (C=O) groups is 8. The fourth-order valence-electron chi connectivity index (χ4n) is 18.9. The third-order valence-corrected chi connectivity index (χ3v) is 24.5. The van der Waals surface area contributed by atoms with Gasteiger partial charge in [-0.25, -0.2) is 14.4 Å². The van der Waals surface area contributed by atoms with E-state index in [1.165, 1.54) is 12.8 Å². The molecule has 111 heavy (non-hydrogen) atoms. The Balaban J connectivity index is 0.000000131. The van der Waals surface area contributed by atoms with Gasteiger partial charge in [-0.05, 0) is 248 Å². The molecule has 0 radical (unpaired) electrons. The minimum absolute atomic E-state index is 0.00681. The molecule has 3 spiro atoms. The van der Waals surface area contributed by atoms with Crippen LogP contribution in [0.3, 0.4) is 0 Å². The number of rotatable bonds is 11. The monoisotopic (exact) mass is 1510 g/mol. The molecule has 17 rings (SSSR count). The Hall–Kier alpha value is -9.76. The molecule has 6 fully saturated rings. The zero-order chi connectivity index (χ0) is 79.4. The highest BCUT2D eigenvalue weighted by atomic mass is 16.6. The average molecular weight is 1510 g/mol. The highest BCUT2D eigenvalue weighted by Crippen LogP contribution is 2.63. The summed E-state index contributed by atoms with van der Waals surface area (Å²) in [5.74, 6) is 1.19. The predicted molar refractivity (Wildman–Crippen MR) is 428 cm³/mol. The molecule has 2 unspecified atom stereocenters. The maximum Gasteiger partial charge on any atom is 0.410 e. The Labute approximate surface area is 650 Å². The molecule has 2 atom stereocenters. The third kappa shape index (κ3) is 15.6. The minimum Gasteiger partial charge on any atom is -0.497 e. The first-order chi connectivity index (χ1) is 52.3. The maximum absolute atomic E-state index is 14.0. The summed E-state index contributed by atoms with van der Waals surface area (Å²) >= 11 is 0. The van der Waals surface area contributed by atoms with Crippen LogP contribution in [-0.2, 0) is 38.8 Å².